The van der Waals surface area contributed by atoms with Crippen LogP contribution in [0.3, 0.4) is 0 Å². The second-order valence-corrected chi connectivity index (χ2v) is 24.4. The van der Waals surface area contributed by atoms with Gasteiger partial charge in [-0.2, -0.15) is 26.3 Å². The molecule has 9 aromatic carbocycles. The van der Waals surface area contributed by atoms with Crippen LogP contribution >= 0.6 is 7.92 Å². The monoisotopic (exact) mass is 1450 g/mol. The van der Waals surface area contributed by atoms with Crippen molar-refractivity contribution in [3.05, 3.63) is 191 Å². The molecule has 9 rings (SSSR count). The number of hydrogen-bond acceptors (Lipinski definition) is 0. The quantitative estimate of drug-likeness (QED) is 0.0335. The topological polar surface area (TPSA) is 0 Å². The summed E-state index contributed by atoms with van der Waals surface area (Å²) in [7, 11) is -4.15. The number of hydrogen-bond donors (Lipinski definition) is 0. The van der Waals surface area contributed by atoms with Crippen LogP contribution in [0.25, 0.3) is 43.1 Å². The maximum absolute atomic E-state index is 18.1. The van der Waals surface area contributed by atoms with Gasteiger partial charge in [0.05, 0.1) is 27.7 Å². The van der Waals surface area contributed by atoms with Gasteiger partial charge in [0.25, 0.3) is 0 Å². The highest BCUT2D eigenvalue weighted by molar-refractivity contribution is 7.66. The van der Waals surface area contributed by atoms with Crippen molar-refractivity contribution in [3.63, 3.8) is 0 Å². The molecular weight excluding hydrogens is 1410 g/mol. The average Bonchev–Trinajstić information content (AvgIpc) is 0.661. The van der Waals surface area contributed by atoms with Crippen LogP contribution in [0.4, 0.5) is 145 Å². The van der Waals surface area contributed by atoms with E-state index in [1.807, 2.05) is 0 Å². The number of fused-ring (bicyclic) bond motifs is 4. The van der Waals surface area contributed by atoms with Crippen LogP contribution in [0, 0.1) is 169 Å². The standard InChI is InChI=1S/C48H20BF24.C14H14F9P/c1-5-9-13-17(29(54)41(66)25(9)50)33(58)45(70)37(62)21(13)49(22-14-10(6-2)26(51)42(67)30(55)18(14)34(59)46(71)38(22)63,23-15-11(7-3)27(52)43(68)31(56)19(15)35(60)47(72)39(23)64)24-16-12(8-4)28(53)44(69)32(57)20(16)36(61)48(73)40(24)65;1-3-4-7(2)6-24(14(22,23)13(19,20)21)9-5-8(15)10(16)12(18)11(9)17/h5-8H2,1-4H3;5,7H,3-4,6H2,1-2H3/q-1;/p+1. The molecule has 0 aliphatic carbocycles. The van der Waals surface area contributed by atoms with Crippen LogP contribution in [0.5, 0.6) is 0 Å². The van der Waals surface area contributed by atoms with Crippen molar-refractivity contribution in [2.75, 3.05) is 6.16 Å². The van der Waals surface area contributed by atoms with Crippen LogP contribution in [-0.2, 0) is 25.7 Å². The van der Waals surface area contributed by atoms with Gasteiger partial charge in [-0.05, 0) is 81.8 Å². The van der Waals surface area contributed by atoms with Gasteiger partial charge in [0.15, 0.2) is 128 Å². The van der Waals surface area contributed by atoms with Gasteiger partial charge in [0.2, 0.25) is 11.6 Å². The summed E-state index contributed by atoms with van der Waals surface area (Å²) in [6.07, 6.45) is -19.0. The van der Waals surface area contributed by atoms with E-state index in [1.165, 1.54) is 6.92 Å². The molecule has 0 aliphatic rings. The molecular formula is C62H35BF33P. The molecule has 2 unspecified atom stereocenters. The van der Waals surface area contributed by atoms with Crippen LogP contribution in [-0.4, -0.2) is 24.1 Å². The molecule has 0 saturated heterocycles. The Hall–Kier alpha value is -7.80. The number of aryl methyl sites for hydroxylation is 4. The fourth-order valence-electron chi connectivity index (χ4n) is 12.7. The van der Waals surface area contributed by atoms with E-state index in [-0.39, 0.29) is 12.5 Å². The van der Waals surface area contributed by atoms with Gasteiger partial charge >= 0.3 is 11.8 Å². The summed E-state index contributed by atoms with van der Waals surface area (Å²) in [6, 6.07) is -0.0969. The molecule has 97 heavy (non-hydrogen) atoms. The first-order chi connectivity index (χ1) is 45.0. The number of halogens is 33. The summed E-state index contributed by atoms with van der Waals surface area (Å²) < 4.78 is 517. The Morgan fingerprint density at radius 1 is 0.299 bits per heavy atom. The zero-order valence-electron chi connectivity index (χ0n) is 49.2. The van der Waals surface area contributed by atoms with Gasteiger partial charge in [-0.3, -0.25) is 0 Å². The highest BCUT2D eigenvalue weighted by Gasteiger charge is 2.69. The second-order valence-electron chi connectivity index (χ2n) is 21.9. The van der Waals surface area contributed by atoms with Crippen molar-refractivity contribution in [1.82, 2.24) is 0 Å². The Labute approximate surface area is 523 Å². The molecule has 0 heterocycles. The van der Waals surface area contributed by atoms with Crippen LogP contribution in [0.15, 0.2) is 6.07 Å². The first kappa shape index (κ1) is 75.0. The molecule has 0 radical (unpaired) electrons. The van der Waals surface area contributed by atoms with Crippen molar-refractivity contribution >= 4 is 84.3 Å². The molecule has 0 fully saturated rings. The molecule has 0 saturated carbocycles. The number of benzene rings is 9. The molecule has 0 N–H and O–H groups in total. The molecule has 0 aliphatic heterocycles. The molecule has 522 valence electrons. The van der Waals surface area contributed by atoms with Crippen molar-refractivity contribution in [1.29, 1.82) is 0 Å². The third kappa shape index (κ3) is 10.8. The minimum atomic E-state index is -7.12. The van der Waals surface area contributed by atoms with E-state index < -0.39 is 319 Å². The van der Waals surface area contributed by atoms with Crippen molar-refractivity contribution in [2.45, 2.75) is 91.9 Å². The van der Waals surface area contributed by atoms with Crippen LogP contribution in [0.1, 0.15) is 76.6 Å². The molecule has 0 amide bonds. The fourth-order valence-corrected chi connectivity index (χ4v) is 15.5. The summed E-state index contributed by atoms with van der Waals surface area (Å²) in [5, 5.41) is -21.4. The Morgan fingerprint density at radius 3 is 0.742 bits per heavy atom. The van der Waals surface area contributed by atoms with Crippen LogP contribution < -0.4 is 27.2 Å². The SMILES string of the molecule is CCCC(C)C[PH+](c1cc(F)c(F)c(F)c1F)C(F)(F)C(F)(F)F.CCc1c(F)c(F)c(F)c2c(F)c(F)c(F)c([B-](c3c(F)c(F)c(F)c4c(F)c(F)c(F)c(CC)c34)(c3c(F)c(F)c(F)c4c(F)c(F)c(F)c(CC)c34)c3c(F)c(F)c(F)c4c(F)c(F)c(F)c(CC)c34)c12. The van der Waals surface area contributed by atoms with E-state index >= 15 is 105 Å². The molecule has 0 aromatic heterocycles. The van der Waals surface area contributed by atoms with Gasteiger partial charge in [0, 0.05) is 6.07 Å². The molecule has 0 nitrogen and oxygen atoms in total. The molecule has 0 spiro atoms. The van der Waals surface area contributed by atoms with E-state index in [0.717, 1.165) is 0 Å². The van der Waals surface area contributed by atoms with Crippen LogP contribution in [0.2, 0.25) is 0 Å². The lowest BCUT2D eigenvalue weighted by atomic mass is 9.11. The minimum absolute atomic E-state index is 0.0969. The van der Waals surface area contributed by atoms with Gasteiger partial charge in [-0.1, -0.05) is 48.0 Å². The van der Waals surface area contributed by atoms with Crippen molar-refractivity contribution in [2.24, 2.45) is 5.92 Å². The Kier molecular flexibility index (Phi) is 20.5. The first-order valence-electron chi connectivity index (χ1n) is 27.9. The van der Waals surface area contributed by atoms with E-state index in [2.05, 4.69) is 0 Å². The van der Waals surface area contributed by atoms with E-state index in [9.17, 15) is 39.5 Å². The Bertz CT molecular complexity index is 4300. The first-order valence-corrected chi connectivity index (χ1v) is 29.6. The Balaban J connectivity index is 0.000000423. The molecule has 9 aromatic rings. The minimum Gasteiger partial charge on any atom is -0.207 e. The van der Waals surface area contributed by atoms with Crippen molar-refractivity contribution < 1.29 is 145 Å². The molecule has 2 atom stereocenters. The number of alkyl halides is 5. The summed E-state index contributed by atoms with van der Waals surface area (Å²) in [5.74, 6) is -84.3. The van der Waals surface area contributed by atoms with Gasteiger partial charge in [-0.15, -0.1) is 21.9 Å². The fraction of sp³-hybridized carbons (Fsp3) is 0.258. The Morgan fingerprint density at radius 2 is 0.526 bits per heavy atom. The van der Waals surface area contributed by atoms with Crippen molar-refractivity contribution in [3.8, 4) is 0 Å². The zero-order valence-corrected chi connectivity index (χ0v) is 50.2. The largest absolute Gasteiger partial charge is 0.493 e. The lowest BCUT2D eigenvalue weighted by Gasteiger charge is -2.48. The zero-order chi connectivity index (χ0) is 73.3. The van der Waals surface area contributed by atoms with Gasteiger partial charge in [-0.25, -0.2) is 119 Å². The highest BCUT2D eigenvalue weighted by atomic mass is 31.1. The average molecular weight is 1450 g/mol. The summed E-state index contributed by atoms with van der Waals surface area (Å²) >= 11 is 0. The summed E-state index contributed by atoms with van der Waals surface area (Å²) in [6.45, 7) is 5.48. The highest BCUT2D eigenvalue weighted by Crippen LogP contribution is 2.60. The summed E-state index contributed by atoms with van der Waals surface area (Å²) in [5.41, 5.74) is -24.8. The smallest absolute Gasteiger partial charge is 0.207 e. The third-order valence-corrected chi connectivity index (χ3v) is 19.9. The lowest BCUT2D eigenvalue weighted by Crippen LogP contribution is -2.79. The molecule has 35 heteroatoms. The maximum Gasteiger partial charge on any atom is 0.493 e. The van der Waals surface area contributed by atoms with Gasteiger partial charge in [0.1, 0.15) is 42.6 Å². The summed E-state index contributed by atoms with van der Waals surface area (Å²) in [4.78, 5) is 0. The predicted molar refractivity (Wildman–Crippen MR) is 291 cm³/mol. The normalized spacial score (nSPS) is 13.1. The van der Waals surface area contributed by atoms with E-state index in [4.69, 9.17) is 0 Å². The van der Waals surface area contributed by atoms with Gasteiger partial charge < -0.3 is 0 Å². The third-order valence-electron chi connectivity index (χ3n) is 16.8. The van der Waals surface area contributed by atoms with E-state index in [0.29, 0.717) is 34.1 Å². The van der Waals surface area contributed by atoms with E-state index in [1.54, 1.807) is 6.92 Å². The second kappa shape index (κ2) is 26.5. The maximum atomic E-state index is 18.1. The predicted octanol–water partition coefficient (Wildman–Crippen LogP) is 18.9. The molecule has 0 bridgehead atoms. The lowest BCUT2D eigenvalue weighted by molar-refractivity contribution is -0.240. The number of rotatable bonds is 14.